The number of carboxylic acids is 1. The van der Waals surface area contributed by atoms with Gasteiger partial charge in [-0.3, -0.25) is 0 Å². The van der Waals surface area contributed by atoms with Crippen molar-refractivity contribution >= 4 is 11.9 Å². The normalized spacial score (nSPS) is 17.1. The number of halogens is 2. The van der Waals surface area contributed by atoms with E-state index < -0.39 is 41.7 Å². The van der Waals surface area contributed by atoms with E-state index in [1.54, 1.807) is 32.6 Å². The number of hydrogen-bond donors (Lipinski definition) is 1. The van der Waals surface area contributed by atoms with E-state index in [1.807, 2.05) is 30.3 Å². The van der Waals surface area contributed by atoms with Crippen LogP contribution in [0.25, 0.3) is 0 Å². The van der Waals surface area contributed by atoms with Gasteiger partial charge in [0.1, 0.15) is 0 Å². The van der Waals surface area contributed by atoms with Crippen molar-refractivity contribution in [2.24, 2.45) is 0 Å². The smallest absolute Gasteiger partial charge is 0.337 e. The molecule has 8 heteroatoms. The molecule has 186 valence electrons. The molecule has 0 amide bonds. The number of carboxylic acid groups (broad SMARTS) is 1. The second-order valence-corrected chi connectivity index (χ2v) is 8.58. The molecule has 1 aliphatic rings. The highest BCUT2D eigenvalue weighted by atomic mass is 19.2. The number of benzene rings is 2. The Labute approximate surface area is 203 Å². The summed E-state index contributed by atoms with van der Waals surface area (Å²) in [6.07, 6.45) is -0.966. The van der Waals surface area contributed by atoms with E-state index in [2.05, 4.69) is 0 Å². The summed E-state index contributed by atoms with van der Waals surface area (Å²) in [7, 11) is 1.54. The molecule has 35 heavy (non-hydrogen) atoms. The average molecular weight is 486 g/mol. The first-order valence-corrected chi connectivity index (χ1v) is 11.2. The molecule has 1 aliphatic heterocycles. The van der Waals surface area contributed by atoms with Crippen molar-refractivity contribution < 1.29 is 33.0 Å². The Balaban J connectivity index is 2.23. The van der Waals surface area contributed by atoms with Gasteiger partial charge in [-0.2, -0.15) is 0 Å². The van der Waals surface area contributed by atoms with Crippen molar-refractivity contribution in [3.05, 3.63) is 93.8 Å². The number of allylic oxidation sites excluding steroid dienone is 2. The van der Waals surface area contributed by atoms with Gasteiger partial charge in [0.05, 0.1) is 35.8 Å². The molecule has 0 aliphatic carbocycles. The number of carbonyl (C=O) groups excluding carboxylic acids is 1. The summed E-state index contributed by atoms with van der Waals surface area (Å²) in [6.45, 7) is 6.72. The number of methoxy groups -OCH3 is 1. The number of rotatable bonds is 8. The number of hydrogen-bond acceptors (Lipinski definition) is 5. The third kappa shape index (κ3) is 5.27. The topological polar surface area (TPSA) is 76.1 Å². The highest BCUT2D eigenvalue weighted by molar-refractivity contribution is 5.99. The predicted octanol–water partition coefficient (Wildman–Crippen LogP) is 5.34. The summed E-state index contributed by atoms with van der Waals surface area (Å²) in [5, 5.41) is 10.2. The number of ether oxygens (including phenoxy) is 2. The van der Waals surface area contributed by atoms with Gasteiger partial charge >= 0.3 is 11.9 Å². The molecule has 2 aromatic rings. The molecule has 2 aromatic carbocycles. The Morgan fingerprint density at radius 3 is 2.20 bits per heavy atom. The molecule has 6 nitrogen and oxygen atoms in total. The maximum Gasteiger partial charge on any atom is 0.337 e. The number of aliphatic carboxylic acids is 1. The van der Waals surface area contributed by atoms with Gasteiger partial charge in [-0.25, -0.2) is 18.4 Å². The van der Waals surface area contributed by atoms with Crippen LogP contribution < -0.4 is 0 Å². The van der Waals surface area contributed by atoms with E-state index in [0.29, 0.717) is 11.4 Å². The largest absolute Gasteiger partial charge is 0.478 e. The van der Waals surface area contributed by atoms with E-state index >= 15 is 0 Å². The maximum absolute atomic E-state index is 15.0. The predicted molar refractivity (Wildman–Crippen MR) is 126 cm³/mol. The summed E-state index contributed by atoms with van der Waals surface area (Å²) in [5.41, 5.74) is 0.986. The van der Waals surface area contributed by atoms with Gasteiger partial charge in [-0.05, 0) is 39.3 Å². The SMILES string of the molecule is COC(CN1C(C)=C(C(=O)O)[C@@H](c2cccc(F)c2F)C(C(=O)OC(C)C)=C1C)c1ccccc1. The minimum atomic E-state index is -1.36. The summed E-state index contributed by atoms with van der Waals surface area (Å²) in [4.78, 5) is 27.4. The molecular formula is C27H29F2NO5. The zero-order valence-corrected chi connectivity index (χ0v) is 20.3. The Hall–Kier alpha value is -3.52. The van der Waals surface area contributed by atoms with Gasteiger partial charge in [-0.1, -0.05) is 42.5 Å². The summed E-state index contributed by atoms with van der Waals surface area (Å²) in [6, 6.07) is 12.9. The molecule has 0 saturated carbocycles. The van der Waals surface area contributed by atoms with E-state index in [-0.39, 0.29) is 23.3 Å². The lowest BCUT2D eigenvalue weighted by molar-refractivity contribution is -0.143. The Bertz CT molecular complexity index is 1170. The number of esters is 1. The van der Waals surface area contributed by atoms with Gasteiger partial charge in [0.2, 0.25) is 0 Å². The van der Waals surface area contributed by atoms with Gasteiger partial charge in [0.15, 0.2) is 11.6 Å². The van der Waals surface area contributed by atoms with Crippen LogP contribution in [0.15, 0.2) is 71.1 Å². The minimum absolute atomic E-state index is 0.0610. The molecule has 3 rings (SSSR count). The van der Waals surface area contributed by atoms with Crippen molar-refractivity contribution in [2.75, 3.05) is 13.7 Å². The van der Waals surface area contributed by atoms with Crippen LogP contribution in [0.4, 0.5) is 8.78 Å². The molecule has 0 spiro atoms. The second kappa shape index (κ2) is 10.8. The lowest BCUT2D eigenvalue weighted by atomic mass is 9.79. The molecule has 0 bridgehead atoms. The third-order valence-electron chi connectivity index (χ3n) is 6.06. The molecule has 0 saturated heterocycles. The monoisotopic (exact) mass is 485 g/mol. The van der Waals surface area contributed by atoms with Gasteiger partial charge in [0, 0.05) is 24.1 Å². The molecule has 1 unspecified atom stereocenters. The first kappa shape index (κ1) is 26.1. The van der Waals surface area contributed by atoms with Crippen molar-refractivity contribution in [3.63, 3.8) is 0 Å². The summed E-state index contributed by atoms with van der Waals surface area (Å²) in [5.74, 6) is -5.85. The molecule has 1 heterocycles. The maximum atomic E-state index is 15.0. The van der Waals surface area contributed by atoms with Crippen LogP contribution in [0.5, 0.6) is 0 Å². The molecule has 2 atom stereocenters. The van der Waals surface area contributed by atoms with Crippen molar-refractivity contribution in [1.29, 1.82) is 0 Å². The van der Waals surface area contributed by atoms with Crippen LogP contribution in [-0.2, 0) is 19.1 Å². The van der Waals surface area contributed by atoms with Crippen LogP contribution in [0.3, 0.4) is 0 Å². The van der Waals surface area contributed by atoms with Crippen LogP contribution >= 0.6 is 0 Å². The number of carbonyl (C=O) groups is 2. The molecule has 1 N–H and O–H groups in total. The molecule has 0 aromatic heterocycles. The summed E-state index contributed by atoms with van der Waals surface area (Å²) < 4.78 is 40.2. The first-order chi connectivity index (χ1) is 16.6. The van der Waals surface area contributed by atoms with Crippen molar-refractivity contribution in [2.45, 2.75) is 45.8 Å². The standard InChI is InChI=1S/C27H29F2NO5/c1-15(2)35-27(33)23-17(4)30(14-21(34-5)18-10-7-6-8-11-18)16(3)22(26(31)32)24(23)19-12-9-13-20(28)25(19)29/h6-13,15,21,24H,14H2,1-5H3,(H,31,32)/t21?,24-/m1/s1. The lowest BCUT2D eigenvalue weighted by Crippen LogP contribution is -2.37. The third-order valence-corrected chi connectivity index (χ3v) is 6.06. The fourth-order valence-corrected chi connectivity index (χ4v) is 4.40. The van der Waals surface area contributed by atoms with E-state index in [4.69, 9.17) is 9.47 Å². The van der Waals surface area contributed by atoms with Crippen LogP contribution in [-0.4, -0.2) is 41.7 Å². The second-order valence-electron chi connectivity index (χ2n) is 8.58. The van der Waals surface area contributed by atoms with Gasteiger partial charge in [-0.15, -0.1) is 0 Å². The van der Waals surface area contributed by atoms with Crippen LogP contribution in [0.2, 0.25) is 0 Å². The fourth-order valence-electron chi connectivity index (χ4n) is 4.40. The lowest BCUT2D eigenvalue weighted by Gasteiger charge is -2.39. The average Bonchev–Trinajstić information content (AvgIpc) is 2.80. The quantitative estimate of drug-likeness (QED) is 0.509. The van der Waals surface area contributed by atoms with E-state index in [9.17, 15) is 23.5 Å². The highest BCUT2D eigenvalue weighted by Gasteiger charge is 2.42. The minimum Gasteiger partial charge on any atom is -0.478 e. The molecule has 0 fully saturated rings. The molecular weight excluding hydrogens is 456 g/mol. The van der Waals surface area contributed by atoms with E-state index in [1.165, 1.54) is 19.2 Å². The van der Waals surface area contributed by atoms with Gasteiger partial charge in [0.25, 0.3) is 0 Å². The van der Waals surface area contributed by atoms with Gasteiger partial charge < -0.3 is 19.5 Å². The highest BCUT2D eigenvalue weighted by Crippen LogP contribution is 2.44. The van der Waals surface area contributed by atoms with Crippen molar-refractivity contribution in [3.8, 4) is 0 Å². The Morgan fingerprint density at radius 2 is 1.63 bits per heavy atom. The first-order valence-electron chi connectivity index (χ1n) is 11.2. The van der Waals surface area contributed by atoms with Crippen LogP contribution in [0, 0.1) is 11.6 Å². The van der Waals surface area contributed by atoms with Crippen LogP contribution in [0.1, 0.15) is 50.8 Å². The fraction of sp³-hybridized carbons (Fsp3) is 0.333. The Kier molecular flexibility index (Phi) is 8.07. The summed E-state index contributed by atoms with van der Waals surface area (Å²) >= 11 is 0. The molecule has 0 radical (unpaired) electrons. The van der Waals surface area contributed by atoms with E-state index in [0.717, 1.165) is 11.6 Å². The van der Waals surface area contributed by atoms with Crippen molar-refractivity contribution in [1.82, 2.24) is 4.90 Å². The zero-order valence-electron chi connectivity index (χ0n) is 20.3. The zero-order chi connectivity index (χ0) is 25.9. The Morgan fingerprint density at radius 1 is 1.00 bits per heavy atom. The number of nitrogens with zero attached hydrogens (tertiary/aromatic N) is 1.